The van der Waals surface area contributed by atoms with Crippen molar-refractivity contribution >= 4 is 37.4 Å². The van der Waals surface area contributed by atoms with Crippen LogP contribution in [0.25, 0.3) is 0 Å². The Bertz CT molecular complexity index is 599. The molecule has 2 rings (SSSR count). The standard InChI is InChI=1S/C14H18BrNO3S/c1-10-2-3-13(12(15)8-10)16-14(17)9-11-4-6-20(18,19)7-5-11/h2-3,8,11H,4-7,9H2,1H3,(H,16,17). The second kappa shape index (κ2) is 6.26. The Morgan fingerprint density at radius 3 is 2.60 bits per heavy atom. The first-order valence-electron chi connectivity index (χ1n) is 6.62. The number of anilines is 1. The second-order valence-corrected chi connectivity index (χ2v) is 8.49. The lowest BCUT2D eigenvalue weighted by molar-refractivity contribution is -0.117. The number of rotatable bonds is 3. The van der Waals surface area contributed by atoms with Gasteiger partial charge in [0, 0.05) is 10.9 Å². The molecule has 0 saturated carbocycles. The van der Waals surface area contributed by atoms with E-state index in [1.807, 2.05) is 25.1 Å². The van der Waals surface area contributed by atoms with E-state index < -0.39 is 9.84 Å². The van der Waals surface area contributed by atoms with Crippen molar-refractivity contribution in [3.05, 3.63) is 28.2 Å². The van der Waals surface area contributed by atoms with Crippen LogP contribution in [0.1, 0.15) is 24.8 Å². The fourth-order valence-electron chi connectivity index (χ4n) is 2.33. The van der Waals surface area contributed by atoms with Gasteiger partial charge in [-0.25, -0.2) is 8.42 Å². The van der Waals surface area contributed by atoms with Gasteiger partial charge in [0.25, 0.3) is 0 Å². The Morgan fingerprint density at radius 1 is 1.35 bits per heavy atom. The molecule has 1 heterocycles. The van der Waals surface area contributed by atoms with Gasteiger partial charge in [0.05, 0.1) is 17.2 Å². The maximum atomic E-state index is 12.0. The van der Waals surface area contributed by atoms with Gasteiger partial charge in [0.15, 0.2) is 0 Å². The smallest absolute Gasteiger partial charge is 0.224 e. The summed E-state index contributed by atoms with van der Waals surface area (Å²) in [5.74, 6) is 0.528. The lowest BCUT2D eigenvalue weighted by Crippen LogP contribution is -2.26. The van der Waals surface area contributed by atoms with Crippen LogP contribution in [-0.4, -0.2) is 25.8 Å². The highest BCUT2D eigenvalue weighted by Gasteiger charge is 2.25. The van der Waals surface area contributed by atoms with Crippen LogP contribution >= 0.6 is 15.9 Å². The molecule has 0 bridgehead atoms. The van der Waals surface area contributed by atoms with Crippen molar-refractivity contribution in [1.29, 1.82) is 0 Å². The number of sulfone groups is 1. The zero-order valence-electron chi connectivity index (χ0n) is 11.4. The molecule has 1 aliphatic heterocycles. The Kier molecular flexibility index (Phi) is 4.86. The van der Waals surface area contributed by atoms with E-state index in [1.54, 1.807) is 0 Å². The highest BCUT2D eigenvalue weighted by Crippen LogP contribution is 2.26. The minimum atomic E-state index is -2.86. The Morgan fingerprint density at radius 2 is 2.00 bits per heavy atom. The maximum absolute atomic E-state index is 12.0. The predicted octanol–water partition coefficient (Wildman–Crippen LogP) is 2.91. The Labute approximate surface area is 128 Å². The summed E-state index contributed by atoms with van der Waals surface area (Å²) in [5, 5.41) is 2.87. The number of nitrogens with one attached hydrogen (secondary N) is 1. The van der Waals surface area contributed by atoms with Crippen LogP contribution in [0.2, 0.25) is 0 Å². The molecule has 1 aromatic carbocycles. The van der Waals surface area contributed by atoms with E-state index in [-0.39, 0.29) is 23.3 Å². The van der Waals surface area contributed by atoms with Crippen LogP contribution in [-0.2, 0) is 14.6 Å². The molecular weight excluding hydrogens is 342 g/mol. The number of hydrogen-bond acceptors (Lipinski definition) is 3. The van der Waals surface area contributed by atoms with Crippen molar-refractivity contribution in [3.8, 4) is 0 Å². The summed E-state index contributed by atoms with van der Waals surface area (Å²) in [6, 6.07) is 5.75. The third-order valence-corrected chi connectivity index (χ3v) is 5.92. The minimum Gasteiger partial charge on any atom is -0.325 e. The Hall–Kier alpha value is -0.880. The number of hydrogen-bond donors (Lipinski definition) is 1. The molecule has 6 heteroatoms. The van der Waals surface area contributed by atoms with E-state index in [1.165, 1.54) is 0 Å². The van der Waals surface area contributed by atoms with Gasteiger partial charge in [0.2, 0.25) is 5.91 Å². The van der Waals surface area contributed by atoms with Crippen LogP contribution in [0.15, 0.2) is 22.7 Å². The zero-order chi connectivity index (χ0) is 14.8. The summed E-state index contributed by atoms with van der Waals surface area (Å²) in [6.45, 7) is 1.98. The van der Waals surface area contributed by atoms with Crippen molar-refractivity contribution in [2.24, 2.45) is 5.92 Å². The molecule has 1 saturated heterocycles. The topological polar surface area (TPSA) is 63.2 Å². The summed E-state index contributed by atoms with van der Waals surface area (Å²) >= 11 is 3.42. The third kappa shape index (κ3) is 4.31. The number of halogens is 1. The van der Waals surface area contributed by atoms with Gasteiger partial charge in [-0.3, -0.25) is 4.79 Å². The van der Waals surface area contributed by atoms with Crippen LogP contribution < -0.4 is 5.32 Å². The zero-order valence-corrected chi connectivity index (χ0v) is 13.8. The monoisotopic (exact) mass is 359 g/mol. The van der Waals surface area contributed by atoms with Crippen LogP contribution in [0.3, 0.4) is 0 Å². The van der Waals surface area contributed by atoms with Crippen LogP contribution in [0.5, 0.6) is 0 Å². The average Bonchev–Trinajstić information content (AvgIpc) is 2.35. The fraction of sp³-hybridized carbons (Fsp3) is 0.500. The lowest BCUT2D eigenvalue weighted by Gasteiger charge is -2.21. The third-order valence-electron chi connectivity index (χ3n) is 3.55. The molecule has 0 aliphatic carbocycles. The molecule has 110 valence electrons. The molecule has 1 aromatic rings. The van der Waals surface area contributed by atoms with E-state index in [0.29, 0.717) is 19.3 Å². The second-order valence-electron chi connectivity index (χ2n) is 5.33. The normalized spacial score (nSPS) is 18.7. The van der Waals surface area contributed by atoms with Crippen molar-refractivity contribution < 1.29 is 13.2 Å². The number of carbonyl (C=O) groups excluding carboxylic acids is 1. The van der Waals surface area contributed by atoms with Crippen LogP contribution in [0, 0.1) is 12.8 Å². The highest BCUT2D eigenvalue weighted by molar-refractivity contribution is 9.10. The molecule has 20 heavy (non-hydrogen) atoms. The summed E-state index contributed by atoms with van der Waals surface area (Å²) in [5.41, 5.74) is 1.87. The van der Waals surface area contributed by atoms with Gasteiger partial charge in [-0.05, 0) is 59.3 Å². The quantitative estimate of drug-likeness (QED) is 0.902. The number of aryl methyl sites for hydroxylation is 1. The number of carbonyl (C=O) groups is 1. The van der Waals surface area contributed by atoms with Gasteiger partial charge >= 0.3 is 0 Å². The lowest BCUT2D eigenvalue weighted by atomic mass is 9.98. The van der Waals surface area contributed by atoms with Gasteiger partial charge in [0.1, 0.15) is 9.84 Å². The molecule has 0 radical (unpaired) electrons. The van der Waals surface area contributed by atoms with Gasteiger partial charge in [-0.15, -0.1) is 0 Å². The first-order chi connectivity index (χ1) is 9.35. The number of amides is 1. The van der Waals surface area contributed by atoms with Crippen LogP contribution in [0.4, 0.5) is 5.69 Å². The maximum Gasteiger partial charge on any atom is 0.224 e. The molecular formula is C14H18BrNO3S. The van der Waals surface area contributed by atoms with Gasteiger partial charge < -0.3 is 5.32 Å². The molecule has 0 unspecified atom stereocenters. The van der Waals surface area contributed by atoms with E-state index in [2.05, 4.69) is 21.2 Å². The molecule has 1 amide bonds. The molecule has 1 aliphatic rings. The molecule has 1 N–H and O–H groups in total. The summed E-state index contributed by atoms with van der Waals surface area (Å²) in [7, 11) is -2.86. The molecule has 0 atom stereocenters. The number of benzene rings is 1. The summed E-state index contributed by atoms with van der Waals surface area (Å²) in [6.07, 6.45) is 1.56. The molecule has 0 spiro atoms. The van der Waals surface area contributed by atoms with Crippen molar-refractivity contribution in [1.82, 2.24) is 0 Å². The van der Waals surface area contributed by atoms with Gasteiger partial charge in [-0.2, -0.15) is 0 Å². The van der Waals surface area contributed by atoms with Crippen molar-refractivity contribution in [2.45, 2.75) is 26.2 Å². The predicted molar refractivity (Wildman–Crippen MR) is 83.5 cm³/mol. The SMILES string of the molecule is Cc1ccc(NC(=O)CC2CCS(=O)(=O)CC2)c(Br)c1. The molecule has 1 fully saturated rings. The van der Waals surface area contributed by atoms with E-state index in [9.17, 15) is 13.2 Å². The largest absolute Gasteiger partial charge is 0.325 e. The van der Waals surface area contributed by atoms with E-state index >= 15 is 0 Å². The summed E-state index contributed by atoms with van der Waals surface area (Å²) in [4.78, 5) is 12.0. The Balaban J connectivity index is 1.90. The van der Waals surface area contributed by atoms with E-state index in [0.717, 1.165) is 15.7 Å². The van der Waals surface area contributed by atoms with Gasteiger partial charge in [-0.1, -0.05) is 6.07 Å². The molecule has 0 aromatic heterocycles. The molecule has 4 nitrogen and oxygen atoms in total. The van der Waals surface area contributed by atoms with E-state index in [4.69, 9.17) is 0 Å². The summed E-state index contributed by atoms with van der Waals surface area (Å²) < 4.78 is 23.5. The average molecular weight is 360 g/mol. The van der Waals surface area contributed by atoms with Crippen molar-refractivity contribution in [2.75, 3.05) is 16.8 Å². The highest BCUT2D eigenvalue weighted by atomic mass is 79.9. The minimum absolute atomic E-state index is 0.0566. The first kappa shape index (κ1) is 15.5. The fourth-order valence-corrected chi connectivity index (χ4v) is 4.51. The first-order valence-corrected chi connectivity index (χ1v) is 9.23. The van der Waals surface area contributed by atoms with Crippen molar-refractivity contribution in [3.63, 3.8) is 0 Å².